The van der Waals surface area contributed by atoms with Gasteiger partial charge in [-0.05, 0) is 68.7 Å². The highest BCUT2D eigenvalue weighted by molar-refractivity contribution is 5.95. The van der Waals surface area contributed by atoms with Crippen LogP contribution >= 0.6 is 0 Å². The molecule has 1 aliphatic carbocycles. The van der Waals surface area contributed by atoms with Crippen LogP contribution in [0, 0.1) is 5.92 Å². The lowest BCUT2D eigenvalue weighted by atomic mass is 9.90. The zero-order valence-electron chi connectivity index (χ0n) is 27.1. The Bertz CT molecular complexity index is 1390. The van der Waals surface area contributed by atoms with Crippen LogP contribution in [-0.2, 0) is 23.6 Å². The van der Waals surface area contributed by atoms with E-state index in [2.05, 4.69) is 14.7 Å². The predicted octanol–water partition coefficient (Wildman–Crippen LogP) is 6.74. The van der Waals surface area contributed by atoms with Gasteiger partial charge in [0.2, 0.25) is 5.91 Å². The molecular formula is C36H44F6N4O2. The lowest BCUT2D eigenvalue weighted by Gasteiger charge is -2.48. The van der Waals surface area contributed by atoms with Crippen LogP contribution in [0.3, 0.4) is 0 Å². The molecule has 12 heteroatoms. The smallest absolute Gasteiger partial charge is 0.341 e. The number of amides is 2. The quantitative estimate of drug-likeness (QED) is 0.318. The fraction of sp³-hybridized carbons (Fsp3) is 0.611. The highest BCUT2D eigenvalue weighted by Gasteiger charge is 2.41. The van der Waals surface area contributed by atoms with Crippen LogP contribution < -0.4 is 0 Å². The van der Waals surface area contributed by atoms with Gasteiger partial charge < -0.3 is 9.80 Å². The maximum Gasteiger partial charge on any atom is 0.416 e. The van der Waals surface area contributed by atoms with E-state index in [0.717, 1.165) is 83.4 Å². The van der Waals surface area contributed by atoms with Gasteiger partial charge in [0.25, 0.3) is 5.91 Å². The second kappa shape index (κ2) is 14.4. The van der Waals surface area contributed by atoms with E-state index in [1.54, 1.807) is 0 Å². The minimum atomic E-state index is -5.03. The molecule has 0 radical (unpaired) electrons. The maximum atomic E-state index is 13.8. The summed E-state index contributed by atoms with van der Waals surface area (Å²) in [6.07, 6.45) is -2.11. The Kier molecular flexibility index (Phi) is 10.4. The molecule has 4 aliphatic rings. The van der Waals surface area contributed by atoms with E-state index in [-0.39, 0.29) is 24.6 Å². The van der Waals surface area contributed by atoms with Crippen LogP contribution in [0.2, 0.25) is 0 Å². The molecule has 6 nitrogen and oxygen atoms in total. The van der Waals surface area contributed by atoms with E-state index < -0.39 is 41.0 Å². The summed E-state index contributed by atoms with van der Waals surface area (Å²) in [5, 5.41) is 0. The number of likely N-dealkylation sites (tertiary alicyclic amines) is 2. The number of halogens is 6. The first-order valence-corrected chi connectivity index (χ1v) is 17.3. The van der Waals surface area contributed by atoms with E-state index >= 15 is 0 Å². The van der Waals surface area contributed by atoms with Crippen molar-refractivity contribution in [3.8, 4) is 0 Å². The van der Waals surface area contributed by atoms with Gasteiger partial charge in [0, 0.05) is 75.4 Å². The van der Waals surface area contributed by atoms with E-state index in [1.807, 2.05) is 30.3 Å². The molecule has 1 saturated carbocycles. The molecule has 3 saturated heterocycles. The van der Waals surface area contributed by atoms with Crippen molar-refractivity contribution in [2.75, 3.05) is 45.8 Å². The Morgan fingerprint density at radius 1 is 0.688 bits per heavy atom. The van der Waals surface area contributed by atoms with Crippen molar-refractivity contribution in [3.05, 3.63) is 70.8 Å². The summed E-state index contributed by atoms with van der Waals surface area (Å²) in [5.41, 5.74) is -2.64. The highest BCUT2D eigenvalue weighted by atomic mass is 19.4. The summed E-state index contributed by atoms with van der Waals surface area (Å²) >= 11 is 0. The molecule has 3 aliphatic heterocycles. The van der Waals surface area contributed by atoms with Gasteiger partial charge in [-0.15, -0.1) is 0 Å². The molecule has 3 heterocycles. The van der Waals surface area contributed by atoms with Crippen LogP contribution in [0.25, 0.3) is 0 Å². The van der Waals surface area contributed by atoms with Crippen LogP contribution in [0.15, 0.2) is 48.5 Å². The number of rotatable bonds is 6. The number of carbonyl (C=O) groups excluding carboxylic acids is 2. The Morgan fingerprint density at radius 3 is 1.90 bits per heavy atom. The molecule has 3 atom stereocenters. The number of piperidine rings is 2. The second-order valence-electron chi connectivity index (χ2n) is 13.9. The number of nitrogens with zero attached hydrogens (tertiary/aromatic N) is 4. The largest absolute Gasteiger partial charge is 0.416 e. The minimum Gasteiger partial charge on any atom is -0.341 e. The van der Waals surface area contributed by atoms with Gasteiger partial charge in [0.1, 0.15) is 0 Å². The van der Waals surface area contributed by atoms with Crippen LogP contribution in [-0.4, -0.2) is 95.4 Å². The molecular weight excluding hydrogens is 634 g/mol. The van der Waals surface area contributed by atoms with Crippen LogP contribution in [0.1, 0.15) is 78.4 Å². The molecule has 4 fully saturated rings. The summed E-state index contributed by atoms with van der Waals surface area (Å²) in [6, 6.07) is 10.7. The van der Waals surface area contributed by atoms with Crippen molar-refractivity contribution in [1.82, 2.24) is 19.6 Å². The van der Waals surface area contributed by atoms with Crippen molar-refractivity contribution >= 4 is 11.8 Å². The summed E-state index contributed by atoms with van der Waals surface area (Å²) in [6.45, 7) is 5.23. The average Bonchev–Trinajstić information content (AvgIpc) is 3.63. The first-order valence-electron chi connectivity index (χ1n) is 17.3. The van der Waals surface area contributed by atoms with Crippen LogP contribution in [0.4, 0.5) is 26.3 Å². The lowest BCUT2D eigenvalue weighted by molar-refractivity contribution is -0.143. The Balaban J connectivity index is 1.13. The average molecular weight is 679 g/mol. The third-order valence-corrected chi connectivity index (χ3v) is 10.9. The summed E-state index contributed by atoms with van der Waals surface area (Å²) in [4.78, 5) is 35.3. The van der Waals surface area contributed by atoms with Gasteiger partial charge in [-0.3, -0.25) is 19.4 Å². The highest BCUT2D eigenvalue weighted by Crippen LogP contribution is 2.37. The Hall–Kier alpha value is -3.12. The second-order valence-corrected chi connectivity index (χ2v) is 13.9. The third kappa shape index (κ3) is 8.01. The van der Waals surface area contributed by atoms with Crippen molar-refractivity contribution in [2.24, 2.45) is 5.92 Å². The van der Waals surface area contributed by atoms with Crippen molar-refractivity contribution in [1.29, 1.82) is 0 Å². The number of piperazine rings is 1. The molecule has 0 bridgehead atoms. The minimum absolute atomic E-state index is 0.0580. The molecule has 0 N–H and O–H groups in total. The molecule has 2 amide bonds. The Labute approximate surface area is 278 Å². The first kappa shape index (κ1) is 34.7. The SMILES string of the molecule is O=C(C1CCCC1)N1CCCC(N2CCN(C3CCN(C(=O)c4cc(C(F)(F)F)cc(C(F)(F)F)c4)C(Cc4ccccc4)C3)CC2)C1. The van der Waals surface area contributed by atoms with Crippen molar-refractivity contribution in [2.45, 2.75) is 88.3 Å². The molecule has 0 aromatic heterocycles. The lowest BCUT2D eigenvalue weighted by Crippen LogP contribution is -2.59. The van der Waals surface area contributed by atoms with Gasteiger partial charge in [0.15, 0.2) is 0 Å². The number of hydrogen-bond acceptors (Lipinski definition) is 4. The van der Waals surface area contributed by atoms with Gasteiger partial charge >= 0.3 is 12.4 Å². The summed E-state index contributed by atoms with van der Waals surface area (Å²) in [5.74, 6) is -0.311. The van der Waals surface area contributed by atoms with E-state index in [0.29, 0.717) is 43.3 Å². The number of benzene rings is 2. The normalized spacial score (nSPS) is 25.4. The van der Waals surface area contributed by atoms with Gasteiger partial charge in [-0.2, -0.15) is 26.3 Å². The number of alkyl halides is 6. The topological polar surface area (TPSA) is 47.1 Å². The van der Waals surface area contributed by atoms with Crippen molar-refractivity contribution in [3.63, 3.8) is 0 Å². The molecule has 2 aromatic carbocycles. The standard InChI is InChI=1S/C36H44F6N4O2/c37-35(38,39)28-20-27(21-29(22-28)36(40,41)42)34(48)46-14-12-30(23-32(46)19-25-7-2-1-3-8-25)43-15-17-44(18-16-43)31-11-6-13-45(24-31)33(47)26-9-4-5-10-26/h1-3,7-8,20-22,26,30-32H,4-6,9-19,23-24H2. The maximum absolute atomic E-state index is 13.8. The summed E-state index contributed by atoms with van der Waals surface area (Å²) < 4.78 is 81.7. The zero-order chi connectivity index (χ0) is 34.1. The molecule has 2 aromatic rings. The molecule has 0 spiro atoms. The van der Waals surface area contributed by atoms with Crippen LogP contribution in [0.5, 0.6) is 0 Å². The summed E-state index contributed by atoms with van der Waals surface area (Å²) in [7, 11) is 0. The third-order valence-electron chi connectivity index (χ3n) is 10.9. The van der Waals surface area contributed by atoms with E-state index in [9.17, 15) is 35.9 Å². The zero-order valence-corrected chi connectivity index (χ0v) is 27.1. The molecule has 262 valence electrons. The molecule has 6 rings (SSSR count). The van der Waals surface area contributed by atoms with Gasteiger partial charge in [0.05, 0.1) is 11.1 Å². The predicted molar refractivity (Wildman–Crippen MR) is 169 cm³/mol. The number of hydrogen-bond donors (Lipinski definition) is 0. The monoisotopic (exact) mass is 678 g/mol. The van der Waals surface area contributed by atoms with Gasteiger partial charge in [-0.25, -0.2) is 0 Å². The fourth-order valence-corrected chi connectivity index (χ4v) is 8.30. The Morgan fingerprint density at radius 2 is 1.29 bits per heavy atom. The number of carbonyl (C=O) groups is 2. The van der Waals surface area contributed by atoms with E-state index in [4.69, 9.17) is 0 Å². The van der Waals surface area contributed by atoms with Crippen molar-refractivity contribution < 1.29 is 35.9 Å². The van der Waals surface area contributed by atoms with Gasteiger partial charge in [-0.1, -0.05) is 43.2 Å². The first-order chi connectivity index (χ1) is 22.9. The van der Waals surface area contributed by atoms with E-state index in [1.165, 1.54) is 4.90 Å². The fourth-order valence-electron chi connectivity index (χ4n) is 8.30. The molecule has 48 heavy (non-hydrogen) atoms. The molecule has 3 unspecified atom stereocenters.